The van der Waals surface area contributed by atoms with Gasteiger partial charge in [-0.2, -0.15) is 0 Å². The molecule has 0 saturated carbocycles. The van der Waals surface area contributed by atoms with E-state index in [0.717, 1.165) is 13.0 Å². The molecule has 0 aromatic carbocycles. The number of hydrogen-bond acceptors (Lipinski definition) is 1. The molecular weight excluding hydrogens is 176 g/mol. The van der Waals surface area contributed by atoms with Crippen molar-refractivity contribution in [2.45, 2.75) is 45.6 Å². The van der Waals surface area contributed by atoms with Crippen LogP contribution in [0, 0.1) is 0 Å². The van der Waals surface area contributed by atoms with Crippen molar-refractivity contribution in [1.82, 2.24) is 10.6 Å². The van der Waals surface area contributed by atoms with Crippen LogP contribution in [0.4, 0.5) is 4.79 Å². The molecule has 1 aliphatic rings. The van der Waals surface area contributed by atoms with E-state index in [1.807, 2.05) is 13.8 Å². The van der Waals surface area contributed by atoms with Crippen molar-refractivity contribution < 1.29 is 4.79 Å². The van der Waals surface area contributed by atoms with Crippen LogP contribution in [0.1, 0.15) is 39.5 Å². The van der Waals surface area contributed by atoms with E-state index in [-0.39, 0.29) is 12.1 Å². The van der Waals surface area contributed by atoms with E-state index in [1.165, 1.54) is 24.8 Å². The highest BCUT2D eigenvalue weighted by Crippen LogP contribution is 2.19. The highest BCUT2D eigenvalue weighted by Gasteiger charge is 2.05. The summed E-state index contributed by atoms with van der Waals surface area (Å²) in [4.78, 5) is 11.2. The molecule has 2 N–H and O–H groups in total. The normalized spacial score (nSPS) is 15.5. The van der Waals surface area contributed by atoms with Gasteiger partial charge < -0.3 is 10.6 Å². The average molecular weight is 196 g/mol. The summed E-state index contributed by atoms with van der Waals surface area (Å²) in [5.41, 5.74) is 1.50. The number of allylic oxidation sites excluding steroid dienone is 1. The minimum atomic E-state index is -0.0569. The number of urea groups is 1. The maximum atomic E-state index is 11.2. The smallest absolute Gasteiger partial charge is 0.314 e. The molecule has 1 aliphatic carbocycles. The summed E-state index contributed by atoms with van der Waals surface area (Å²) in [5, 5.41) is 5.65. The summed E-state index contributed by atoms with van der Waals surface area (Å²) in [6.07, 6.45) is 7.02. The topological polar surface area (TPSA) is 41.1 Å². The molecule has 0 radical (unpaired) electrons. The zero-order chi connectivity index (χ0) is 10.4. The highest BCUT2D eigenvalue weighted by atomic mass is 16.2. The lowest BCUT2D eigenvalue weighted by atomic mass is 10.2. The van der Waals surface area contributed by atoms with Crippen LogP contribution < -0.4 is 10.6 Å². The maximum Gasteiger partial charge on any atom is 0.314 e. The third-order valence-corrected chi connectivity index (χ3v) is 2.29. The van der Waals surface area contributed by atoms with Crippen molar-refractivity contribution in [3.05, 3.63) is 11.6 Å². The largest absolute Gasteiger partial charge is 0.338 e. The Morgan fingerprint density at radius 1 is 1.57 bits per heavy atom. The fraction of sp³-hybridized carbons (Fsp3) is 0.727. The lowest BCUT2D eigenvalue weighted by Crippen LogP contribution is -2.39. The first-order valence-electron chi connectivity index (χ1n) is 5.41. The van der Waals surface area contributed by atoms with Crippen LogP contribution in [-0.2, 0) is 0 Å². The van der Waals surface area contributed by atoms with Gasteiger partial charge in [0, 0.05) is 12.6 Å². The summed E-state index contributed by atoms with van der Waals surface area (Å²) < 4.78 is 0. The second-order valence-corrected chi connectivity index (χ2v) is 4.06. The molecule has 14 heavy (non-hydrogen) atoms. The minimum Gasteiger partial charge on any atom is -0.338 e. The fourth-order valence-electron chi connectivity index (χ4n) is 1.61. The van der Waals surface area contributed by atoms with Crippen LogP contribution in [0.25, 0.3) is 0 Å². The quantitative estimate of drug-likeness (QED) is 0.665. The average Bonchev–Trinajstić information content (AvgIpc) is 2.55. The first-order valence-corrected chi connectivity index (χ1v) is 5.41. The predicted octanol–water partition coefficient (Wildman–Crippen LogP) is 2.19. The van der Waals surface area contributed by atoms with Gasteiger partial charge in [-0.05, 0) is 39.5 Å². The van der Waals surface area contributed by atoms with Crippen LogP contribution in [0.3, 0.4) is 0 Å². The van der Waals surface area contributed by atoms with Crippen molar-refractivity contribution in [3.63, 3.8) is 0 Å². The first kappa shape index (κ1) is 11.1. The Balaban J connectivity index is 2.05. The van der Waals surface area contributed by atoms with E-state index in [2.05, 4.69) is 16.7 Å². The van der Waals surface area contributed by atoms with Crippen LogP contribution >= 0.6 is 0 Å². The van der Waals surface area contributed by atoms with Gasteiger partial charge in [0.1, 0.15) is 0 Å². The van der Waals surface area contributed by atoms with Gasteiger partial charge in [0.2, 0.25) is 0 Å². The number of nitrogens with one attached hydrogen (secondary N) is 2. The molecule has 0 fully saturated rings. The number of rotatable bonds is 4. The van der Waals surface area contributed by atoms with Crippen LogP contribution in [0.15, 0.2) is 11.6 Å². The van der Waals surface area contributed by atoms with Crippen LogP contribution in [-0.4, -0.2) is 18.6 Å². The van der Waals surface area contributed by atoms with Crippen molar-refractivity contribution in [2.24, 2.45) is 0 Å². The Bertz CT molecular complexity index is 221. The molecular formula is C11H20N2O. The van der Waals surface area contributed by atoms with E-state index < -0.39 is 0 Å². The third-order valence-electron chi connectivity index (χ3n) is 2.29. The Hall–Kier alpha value is -0.990. The standard InChI is InChI=1S/C11H20N2O/c1-9(2)13-11(14)12-8-7-10-5-3-4-6-10/h5,9H,3-4,6-8H2,1-2H3,(H2,12,13,14). The Morgan fingerprint density at radius 3 is 2.93 bits per heavy atom. The molecule has 80 valence electrons. The van der Waals surface area contributed by atoms with Crippen molar-refractivity contribution in [2.75, 3.05) is 6.54 Å². The van der Waals surface area contributed by atoms with Gasteiger partial charge >= 0.3 is 6.03 Å². The molecule has 0 aliphatic heterocycles. The highest BCUT2D eigenvalue weighted by molar-refractivity contribution is 5.74. The Labute approximate surface area is 86.0 Å². The minimum absolute atomic E-state index is 0.0569. The molecule has 0 atom stereocenters. The van der Waals surface area contributed by atoms with E-state index in [0.29, 0.717) is 0 Å². The van der Waals surface area contributed by atoms with E-state index in [9.17, 15) is 4.79 Å². The van der Waals surface area contributed by atoms with Crippen LogP contribution in [0.5, 0.6) is 0 Å². The zero-order valence-corrected chi connectivity index (χ0v) is 9.10. The monoisotopic (exact) mass is 196 g/mol. The van der Waals surface area contributed by atoms with Gasteiger partial charge in [0.25, 0.3) is 0 Å². The maximum absolute atomic E-state index is 11.2. The molecule has 0 heterocycles. The third kappa shape index (κ3) is 4.30. The van der Waals surface area contributed by atoms with Gasteiger partial charge in [-0.25, -0.2) is 4.79 Å². The Kier molecular flexibility index (Phi) is 4.50. The van der Waals surface area contributed by atoms with Crippen molar-refractivity contribution in [3.8, 4) is 0 Å². The van der Waals surface area contributed by atoms with Crippen molar-refractivity contribution in [1.29, 1.82) is 0 Å². The second-order valence-electron chi connectivity index (χ2n) is 4.06. The van der Waals surface area contributed by atoms with Crippen molar-refractivity contribution >= 4 is 6.03 Å². The molecule has 0 unspecified atom stereocenters. The Morgan fingerprint density at radius 2 is 2.36 bits per heavy atom. The van der Waals surface area contributed by atoms with Gasteiger partial charge in [0.05, 0.1) is 0 Å². The number of carbonyl (C=O) groups is 1. The molecule has 0 spiro atoms. The lowest BCUT2D eigenvalue weighted by Gasteiger charge is -2.10. The predicted molar refractivity (Wildman–Crippen MR) is 58.2 cm³/mol. The summed E-state index contributed by atoms with van der Waals surface area (Å²) in [6.45, 7) is 4.67. The molecule has 0 saturated heterocycles. The van der Waals surface area contributed by atoms with E-state index in [1.54, 1.807) is 0 Å². The number of carbonyl (C=O) groups excluding carboxylic acids is 1. The summed E-state index contributed by atoms with van der Waals surface area (Å²) in [7, 11) is 0. The number of hydrogen-bond donors (Lipinski definition) is 2. The molecule has 0 aromatic rings. The van der Waals surface area contributed by atoms with Crippen LogP contribution in [0.2, 0.25) is 0 Å². The lowest BCUT2D eigenvalue weighted by molar-refractivity contribution is 0.238. The zero-order valence-electron chi connectivity index (χ0n) is 9.10. The SMILES string of the molecule is CC(C)NC(=O)NCCC1=CCCC1. The molecule has 3 nitrogen and oxygen atoms in total. The van der Waals surface area contributed by atoms with Gasteiger partial charge in [0.15, 0.2) is 0 Å². The number of amides is 2. The van der Waals surface area contributed by atoms with Gasteiger partial charge in [-0.3, -0.25) is 0 Å². The van der Waals surface area contributed by atoms with E-state index in [4.69, 9.17) is 0 Å². The molecule has 1 rings (SSSR count). The molecule has 0 bridgehead atoms. The summed E-state index contributed by atoms with van der Waals surface area (Å²) >= 11 is 0. The summed E-state index contributed by atoms with van der Waals surface area (Å²) in [5.74, 6) is 0. The van der Waals surface area contributed by atoms with Gasteiger partial charge in [-0.1, -0.05) is 11.6 Å². The molecule has 2 amide bonds. The van der Waals surface area contributed by atoms with E-state index >= 15 is 0 Å². The van der Waals surface area contributed by atoms with Gasteiger partial charge in [-0.15, -0.1) is 0 Å². The molecule has 0 aromatic heterocycles. The second kappa shape index (κ2) is 5.68. The molecule has 3 heteroatoms. The summed E-state index contributed by atoms with van der Waals surface area (Å²) in [6, 6.07) is 0.152. The fourth-order valence-corrected chi connectivity index (χ4v) is 1.61. The first-order chi connectivity index (χ1) is 6.68.